The second kappa shape index (κ2) is 4.00. The first-order chi connectivity index (χ1) is 7.55. The van der Waals surface area contributed by atoms with Crippen LogP contribution in [0.5, 0.6) is 0 Å². The van der Waals surface area contributed by atoms with Gasteiger partial charge in [-0.15, -0.1) is 0 Å². The molecule has 0 aromatic carbocycles. The Hall–Kier alpha value is -1.19. The lowest BCUT2D eigenvalue weighted by molar-refractivity contribution is 0.379. The van der Waals surface area contributed by atoms with Crippen molar-refractivity contribution in [2.24, 2.45) is 11.3 Å². The lowest BCUT2D eigenvalue weighted by atomic mass is 9.92. The van der Waals surface area contributed by atoms with Crippen molar-refractivity contribution in [1.82, 2.24) is 9.97 Å². The Kier molecular flexibility index (Phi) is 2.82. The molecule has 0 bridgehead atoms. The van der Waals surface area contributed by atoms with Crippen LogP contribution in [0.4, 0.5) is 10.2 Å². The highest BCUT2D eigenvalue weighted by atomic mass is 19.1. The van der Waals surface area contributed by atoms with Crippen molar-refractivity contribution in [3.63, 3.8) is 0 Å². The molecule has 0 saturated heterocycles. The first-order valence-electron chi connectivity index (χ1n) is 5.76. The zero-order chi connectivity index (χ0) is 11.8. The molecular weight excluding hydrogens is 205 g/mol. The van der Waals surface area contributed by atoms with Crippen molar-refractivity contribution in [1.29, 1.82) is 0 Å². The minimum atomic E-state index is -0.331. The largest absolute Gasteiger partial charge is 0.367 e. The molecule has 1 saturated carbocycles. The Balaban J connectivity index is 2.03. The summed E-state index contributed by atoms with van der Waals surface area (Å²) in [6.07, 6.45) is 3.85. The van der Waals surface area contributed by atoms with Crippen LogP contribution in [-0.2, 0) is 0 Å². The van der Waals surface area contributed by atoms with Crippen LogP contribution in [0.25, 0.3) is 0 Å². The number of aromatic nitrogens is 2. The second-order valence-electron chi connectivity index (χ2n) is 4.99. The molecule has 1 aliphatic rings. The number of nitrogens with one attached hydrogen (secondary N) is 1. The van der Waals surface area contributed by atoms with Gasteiger partial charge in [-0.3, -0.25) is 0 Å². The van der Waals surface area contributed by atoms with E-state index in [-0.39, 0.29) is 5.82 Å². The van der Waals surface area contributed by atoms with Gasteiger partial charge in [-0.05, 0) is 31.1 Å². The molecule has 1 aromatic rings. The highest BCUT2D eigenvalue weighted by Gasteiger charge is 2.45. The van der Waals surface area contributed by atoms with E-state index in [2.05, 4.69) is 29.1 Å². The van der Waals surface area contributed by atoms with Crippen LogP contribution < -0.4 is 5.32 Å². The maximum atomic E-state index is 13.6. The van der Waals surface area contributed by atoms with E-state index in [0.29, 0.717) is 22.8 Å². The average molecular weight is 223 g/mol. The molecule has 4 heteroatoms. The fraction of sp³-hybridized carbons (Fsp3) is 0.667. The van der Waals surface area contributed by atoms with Gasteiger partial charge in [0.25, 0.3) is 0 Å². The fourth-order valence-electron chi connectivity index (χ4n) is 1.96. The molecule has 2 rings (SSSR count). The number of nitrogens with zero attached hydrogens (tertiary/aromatic N) is 2. The SMILES string of the molecule is Cc1ncnc(NCC2(C(C)C)CC2)c1F. The summed E-state index contributed by atoms with van der Waals surface area (Å²) < 4.78 is 13.6. The van der Waals surface area contributed by atoms with E-state index in [1.165, 1.54) is 19.2 Å². The van der Waals surface area contributed by atoms with E-state index in [4.69, 9.17) is 0 Å². The monoisotopic (exact) mass is 223 g/mol. The Morgan fingerprint density at radius 1 is 1.44 bits per heavy atom. The molecule has 0 spiro atoms. The number of rotatable bonds is 4. The maximum Gasteiger partial charge on any atom is 0.186 e. The third kappa shape index (κ3) is 2.01. The number of hydrogen-bond acceptors (Lipinski definition) is 3. The van der Waals surface area contributed by atoms with E-state index in [0.717, 1.165) is 6.54 Å². The molecule has 0 unspecified atom stereocenters. The van der Waals surface area contributed by atoms with Gasteiger partial charge < -0.3 is 5.32 Å². The van der Waals surface area contributed by atoms with Crippen LogP contribution in [0.15, 0.2) is 6.33 Å². The molecule has 0 aliphatic heterocycles. The topological polar surface area (TPSA) is 37.8 Å². The predicted octanol–water partition coefficient (Wildman–Crippen LogP) is 2.77. The van der Waals surface area contributed by atoms with Gasteiger partial charge in [-0.25, -0.2) is 14.4 Å². The van der Waals surface area contributed by atoms with Crippen LogP contribution in [0.2, 0.25) is 0 Å². The molecule has 1 N–H and O–H groups in total. The maximum absolute atomic E-state index is 13.6. The van der Waals surface area contributed by atoms with E-state index in [1.807, 2.05) is 0 Å². The Morgan fingerprint density at radius 3 is 2.69 bits per heavy atom. The molecule has 0 atom stereocenters. The molecular formula is C12H18FN3. The molecule has 16 heavy (non-hydrogen) atoms. The van der Waals surface area contributed by atoms with Gasteiger partial charge in [0.05, 0.1) is 5.69 Å². The van der Waals surface area contributed by atoms with E-state index >= 15 is 0 Å². The van der Waals surface area contributed by atoms with Crippen molar-refractivity contribution in [2.45, 2.75) is 33.6 Å². The van der Waals surface area contributed by atoms with Crippen molar-refractivity contribution in [2.75, 3.05) is 11.9 Å². The van der Waals surface area contributed by atoms with Crippen LogP contribution >= 0.6 is 0 Å². The smallest absolute Gasteiger partial charge is 0.186 e. The summed E-state index contributed by atoms with van der Waals surface area (Å²) in [6.45, 7) is 6.89. The third-order valence-corrected chi connectivity index (χ3v) is 3.69. The number of aryl methyl sites for hydroxylation is 1. The minimum Gasteiger partial charge on any atom is -0.367 e. The summed E-state index contributed by atoms with van der Waals surface area (Å²) in [5, 5.41) is 3.11. The zero-order valence-corrected chi connectivity index (χ0v) is 10.0. The fourth-order valence-corrected chi connectivity index (χ4v) is 1.96. The Labute approximate surface area is 95.5 Å². The molecule has 88 valence electrons. The number of halogens is 1. The molecule has 1 aliphatic carbocycles. The quantitative estimate of drug-likeness (QED) is 0.853. The lowest BCUT2D eigenvalue weighted by Gasteiger charge is -2.20. The van der Waals surface area contributed by atoms with Gasteiger partial charge in [-0.2, -0.15) is 0 Å². The zero-order valence-electron chi connectivity index (χ0n) is 10.0. The first-order valence-corrected chi connectivity index (χ1v) is 5.76. The van der Waals surface area contributed by atoms with Gasteiger partial charge in [0, 0.05) is 6.54 Å². The normalized spacial score (nSPS) is 17.6. The van der Waals surface area contributed by atoms with Crippen molar-refractivity contribution < 1.29 is 4.39 Å². The van der Waals surface area contributed by atoms with Gasteiger partial charge in [-0.1, -0.05) is 13.8 Å². The van der Waals surface area contributed by atoms with Crippen molar-refractivity contribution in [3.8, 4) is 0 Å². The predicted molar refractivity (Wildman–Crippen MR) is 61.7 cm³/mol. The van der Waals surface area contributed by atoms with Crippen LogP contribution in [0.3, 0.4) is 0 Å². The van der Waals surface area contributed by atoms with E-state index < -0.39 is 0 Å². The molecule has 0 amide bonds. The molecule has 1 heterocycles. The second-order valence-corrected chi connectivity index (χ2v) is 4.99. The van der Waals surface area contributed by atoms with Gasteiger partial charge in [0.2, 0.25) is 0 Å². The summed E-state index contributed by atoms with van der Waals surface area (Å²) in [4.78, 5) is 7.74. The average Bonchev–Trinajstić information content (AvgIpc) is 3.01. The van der Waals surface area contributed by atoms with E-state index in [9.17, 15) is 4.39 Å². The Bertz CT molecular complexity index is 386. The molecule has 3 nitrogen and oxygen atoms in total. The van der Waals surface area contributed by atoms with Crippen molar-refractivity contribution in [3.05, 3.63) is 17.8 Å². The summed E-state index contributed by atoms with van der Waals surface area (Å²) in [7, 11) is 0. The van der Waals surface area contributed by atoms with Crippen LogP contribution in [0, 0.1) is 24.1 Å². The van der Waals surface area contributed by atoms with Gasteiger partial charge in [0.1, 0.15) is 6.33 Å². The molecule has 0 radical (unpaired) electrons. The minimum absolute atomic E-state index is 0.331. The van der Waals surface area contributed by atoms with Crippen molar-refractivity contribution >= 4 is 5.82 Å². The summed E-state index contributed by atoms with van der Waals surface area (Å²) in [5.74, 6) is 0.632. The first kappa shape index (κ1) is 11.3. The Morgan fingerprint density at radius 2 is 2.12 bits per heavy atom. The number of hydrogen-bond donors (Lipinski definition) is 1. The number of anilines is 1. The standard InChI is InChI=1S/C12H18FN3/c1-8(2)12(4-5-12)6-14-11-10(13)9(3)15-7-16-11/h7-8H,4-6H2,1-3H3,(H,14,15,16). The highest BCUT2D eigenvalue weighted by molar-refractivity contribution is 5.37. The molecule has 1 aromatic heterocycles. The third-order valence-electron chi connectivity index (χ3n) is 3.69. The lowest BCUT2D eigenvalue weighted by Crippen LogP contribution is -2.22. The molecule has 1 fully saturated rings. The van der Waals surface area contributed by atoms with Crippen LogP contribution in [0.1, 0.15) is 32.4 Å². The summed E-state index contributed by atoms with van der Waals surface area (Å²) in [6, 6.07) is 0. The van der Waals surface area contributed by atoms with Gasteiger partial charge >= 0.3 is 0 Å². The van der Waals surface area contributed by atoms with Crippen LogP contribution in [-0.4, -0.2) is 16.5 Å². The van der Waals surface area contributed by atoms with Gasteiger partial charge in [0.15, 0.2) is 11.6 Å². The van der Waals surface area contributed by atoms with E-state index in [1.54, 1.807) is 6.92 Å². The highest BCUT2D eigenvalue weighted by Crippen LogP contribution is 2.51. The summed E-state index contributed by atoms with van der Waals surface area (Å²) in [5.41, 5.74) is 0.748. The summed E-state index contributed by atoms with van der Waals surface area (Å²) >= 11 is 0.